The van der Waals surface area contributed by atoms with Crippen molar-refractivity contribution in [1.29, 1.82) is 0 Å². The summed E-state index contributed by atoms with van der Waals surface area (Å²) in [7, 11) is 0. The first-order valence-corrected chi connectivity index (χ1v) is 6.65. The molecule has 1 rings (SSSR count). The molecule has 0 radical (unpaired) electrons. The Morgan fingerprint density at radius 3 is 1.95 bits per heavy atom. The minimum absolute atomic E-state index is 0.113. The quantitative estimate of drug-likeness (QED) is 0.643. The molecule has 0 aliphatic carbocycles. The van der Waals surface area contributed by atoms with E-state index in [1.807, 2.05) is 0 Å². The lowest BCUT2D eigenvalue weighted by Gasteiger charge is -2.20. The molecule has 0 saturated heterocycles. The van der Waals surface area contributed by atoms with Crippen molar-refractivity contribution in [1.82, 2.24) is 0 Å². The summed E-state index contributed by atoms with van der Waals surface area (Å²) in [5, 5.41) is 10.7. The van der Waals surface area contributed by atoms with Crippen molar-refractivity contribution >= 4 is 23.5 Å². The number of benzene rings is 1. The van der Waals surface area contributed by atoms with Gasteiger partial charge in [0.25, 0.3) is 0 Å². The maximum Gasteiger partial charge on any atom is 0.323 e. The largest absolute Gasteiger partial charge is 0.465 e. The number of carbonyl (C=O) groups is 2. The van der Waals surface area contributed by atoms with E-state index in [4.69, 9.17) is 21.1 Å². The number of hydrogen-bond acceptors (Lipinski definition) is 5. The monoisotopic (exact) mass is 300 g/mol. The summed E-state index contributed by atoms with van der Waals surface area (Å²) in [6.07, 6.45) is -1.34. The number of rotatable bonds is 6. The molecule has 6 heteroatoms. The van der Waals surface area contributed by atoms with Crippen LogP contribution in [0.15, 0.2) is 24.3 Å². The number of carbonyl (C=O) groups excluding carboxylic acids is 2. The molecule has 0 fully saturated rings. The van der Waals surface area contributed by atoms with E-state index in [0.29, 0.717) is 10.6 Å². The van der Waals surface area contributed by atoms with Gasteiger partial charge in [0.15, 0.2) is 5.92 Å². The van der Waals surface area contributed by atoms with E-state index in [-0.39, 0.29) is 13.2 Å². The third kappa shape index (κ3) is 4.21. The summed E-state index contributed by atoms with van der Waals surface area (Å²) in [5.74, 6) is -3.03. The van der Waals surface area contributed by atoms with Crippen molar-refractivity contribution in [3.63, 3.8) is 0 Å². The zero-order chi connectivity index (χ0) is 15.1. The van der Waals surface area contributed by atoms with E-state index in [9.17, 15) is 14.7 Å². The van der Waals surface area contributed by atoms with E-state index in [1.165, 1.54) is 0 Å². The van der Waals surface area contributed by atoms with Gasteiger partial charge in [0.05, 0.1) is 13.2 Å². The fourth-order valence-electron chi connectivity index (χ4n) is 1.67. The van der Waals surface area contributed by atoms with Gasteiger partial charge in [0.1, 0.15) is 6.10 Å². The maximum atomic E-state index is 11.8. The third-order valence-electron chi connectivity index (χ3n) is 2.61. The molecule has 20 heavy (non-hydrogen) atoms. The molecule has 0 aliphatic rings. The molecular weight excluding hydrogens is 284 g/mol. The Kier molecular flexibility index (Phi) is 6.48. The predicted molar refractivity (Wildman–Crippen MR) is 73.2 cm³/mol. The highest BCUT2D eigenvalue weighted by Crippen LogP contribution is 2.25. The summed E-state index contributed by atoms with van der Waals surface area (Å²) in [4.78, 5) is 23.7. The highest BCUT2D eigenvalue weighted by Gasteiger charge is 2.37. The molecule has 1 aromatic rings. The minimum Gasteiger partial charge on any atom is -0.465 e. The number of hydrogen-bond donors (Lipinski definition) is 1. The Bertz CT molecular complexity index is 439. The zero-order valence-corrected chi connectivity index (χ0v) is 12.1. The van der Waals surface area contributed by atoms with Crippen molar-refractivity contribution in [2.24, 2.45) is 5.92 Å². The van der Waals surface area contributed by atoms with Crippen molar-refractivity contribution in [2.75, 3.05) is 13.2 Å². The number of esters is 2. The van der Waals surface area contributed by atoms with E-state index in [1.54, 1.807) is 38.1 Å². The second kappa shape index (κ2) is 7.87. The van der Waals surface area contributed by atoms with Gasteiger partial charge in [-0.1, -0.05) is 23.7 Å². The first-order chi connectivity index (χ1) is 9.51. The first-order valence-electron chi connectivity index (χ1n) is 6.28. The van der Waals surface area contributed by atoms with Crippen molar-refractivity contribution in [3.8, 4) is 0 Å². The first kappa shape index (κ1) is 16.5. The van der Waals surface area contributed by atoms with Gasteiger partial charge in [0, 0.05) is 5.02 Å². The molecule has 0 spiro atoms. The Labute approximate surface area is 122 Å². The molecular formula is C14H17ClO5. The van der Waals surface area contributed by atoms with Crippen LogP contribution in [-0.4, -0.2) is 30.3 Å². The lowest BCUT2D eigenvalue weighted by atomic mass is 9.96. The molecule has 1 atom stereocenters. The van der Waals surface area contributed by atoms with E-state index in [2.05, 4.69) is 0 Å². The van der Waals surface area contributed by atoms with Gasteiger partial charge in [-0.15, -0.1) is 0 Å². The average Bonchev–Trinajstić information content (AvgIpc) is 2.40. The van der Waals surface area contributed by atoms with Gasteiger partial charge >= 0.3 is 11.9 Å². The minimum atomic E-state index is -1.41. The summed E-state index contributed by atoms with van der Waals surface area (Å²) >= 11 is 5.76. The number of halogens is 1. The van der Waals surface area contributed by atoms with Crippen LogP contribution >= 0.6 is 11.6 Å². The van der Waals surface area contributed by atoms with E-state index in [0.717, 1.165) is 0 Å². The van der Waals surface area contributed by atoms with Crippen LogP contribution in [0.4, 0.5) is 0 Å². The molecule has 1 N–H and O–H groups in total. The van der Waals surface area contributed by atoms with Gasteiger partial charge in [-0.05, 0) is 31.5 Å². The second-order valence-electron chi connectivity index (χ2n) is 3.98. The smallest absolute Gasteiger partial charge is 0.323 e. The van der Waals surface area contributed by atoms with Crippen LogP contribution in [0.5, 0.6) is 0 Å². The molecule has 1 unspecified atom stereocenters. The van der Waals surface area contributed by atoms with Gasteiger partial charge in [-0.2, -0.15) is 0 Å². The average molecular weight is 301 g/mol. The van der Waals surface area contributed by atoms with Crippen molar-refractivity contribution in [2.45, 2.75) is 20.0 Å². The Hall–Kier alpha value is -1.59. The Morgan fingerprint density at radius 1 is 1.10 bits per heavy atom. The normalized spacial score (nSPS) is 12.1. The topological polar surface area (TPSA) is 72.8 Å². The maximum absolute atomic E-state index is 11.8. The van der Waals surface area contributed by atoms with Gasteiger partial charge in [0.2, 0.25) is 0 Å². The number of aliphatic hydroxyl groups excluding tert-OH is 1. The molecule has 5 nitrogen and oxygen atoms in total. The standard InChI is InChI=1S/C14H17ClO5/c1-3-19-13(17)11(14(18)20-4-2)12(16)9-5-7-10(15)8-6-9/h5-8,11-12,16H,3-4H2,1-2H3. The second-order valence-corrected chi connectivity index (χ2v) is 4.41. The molecule has 0 saturated carbocycles. The highest BCUT2D eigenvalue weighted by molar-refractivity contribution is 6.30. The van der Waals surface area contributed by atoms with Crippen LogP contribution < -0.4 is 0 Å². The molecule has 0 amide bonds. The predicted octanol–water partition coefficient (Wildman–Crippen LogP) is 2.12. The highest BCUT2D eigenvalue weighted by atomic mass is 35.5. The van der Waals surface area contributed by atoms with Crippen LogP contribution in [0.2, 0.25) is 5.02 Å². The van der Waals surface area contributed by atoms with Crippen LogP contribution in [0.3, 0.4) is 0 Å². The summed E-state index contributed by atoms with van der Waals surface area (Å²) in [5.41, 5.74) is 0.389. The van der Waals surface area contributed by atoms with Crippen LogP contribution in [0, 0.1) is 5.92 Å². The zero-order valence-electron chi connectivity index (χ0n) is 11.3. The SMILES string of the molecule is CCOC(=O)C(C(=O)OCC)C(O)c1ccc(Cl)cc1. The molecule has 1 aromatic carbocycles. The van der Waals surface area contributed by atoms with Gasteiger partial charge in [-0.25, -0.2) is 0 Å². The molecule has 110 valence electrons. The van der Waals surface area contributed by atoms with Crippen molar-refractivity contribution in [3.05, 3.63) is 34.9 Å². The van der Waals surface area contributed by atoms with Gasteiger partial charge < -0.3 is 14.6 Å². The fourth-order valence-corrected chi connectivity index (χ4v) is 1.80. The lowest BCUT2D eigenvalue weighted by Crippen LogP contribution is -2.33. The van der Waals surface area contributed by atoms with E-state index >= 15 is 0 Å². The molecule has 0 aliphatic heterocycles. The summed E-state index contributed by atoms with van der Waals surface area (Å²) in [6, 6.07) is 6.21. The van der Waals surface area contributed by atoms with Crippen molar-refractivity contribution < 1.29 is 24.2 Å². The third-order valence-corrected chi connectivity index (χ3v) is 2.86. The molecule has 0 aromatic heterocycles. The number of ether oxygens (including phenoxy) is 2. The summed E-state index contributed by atoms with van der Waals surface area (Å²) < 4.78 is 9.62. The fraction of sp³-hybridized carbons (Fsp3) is 0.429. The number of aliphatic hydroxyl groups is 1. The summed E-state index contributed by atoms with van der Waals surface area (Å²) in [6.45, 7) is 3.47. The van der Waals surface area contributed by atoms with Gasteiger partial charge in [-0.3, -0.25) is 9.59 Å². The van der Waals surface area contributed by atoms with Crippen LogP contribution in [0.25, 0.3) is 0 Å². The lowest BCUT2D eigenvalue weighted by molar-refractivity contribution is -0.167. The van der Waals surface area contributed by atoms with Crippen LogP contribution in [0.1, 0.15) is 25.5 Å². The Balaban J connectivity index is 2.99. The molecule has 0 bridgehead atoms. The molecule has 0 heterocycles. The van der Waals surface area contributed by atoms with E-state index < -0.39 is 24.0 Å². The van der Waals surface area contributed by atoms with Crippen LogP contribution in [-0.2, 0) is 19.1 Å². The Morgan fingerprint density at radius 2 is 1.55 bits per heavy atom.